The molecule has 0 bridgehead atoms. The van der Waals surface area contributed by atoms with Gasteiger partial charge in [0.1, 0.15) is 10.1 Å². The summed E-state index contributed by atoms with van der Waals surface area (Å²) in [6, 6.07) is 6.97. The zero-order chi connectivity index (χ0) is 13.1. The summed E-state index contributed by atoms with van der Waals surface area (Å²) in [7, 11) is 0. The second-order valence-electron chi connectivity index (χ2n) is 3.48. The number of carboxylic acids is 1. The van der Waals surface area contributed by atoms with Crippen LogP contribution in [0.3, 0.4) is 0 Å². The van der Waals surface area contributed by atoms with Gasteiger partial charge in [0.25, 0.3) is 0 Å². The van der Waals surface area contributed by atoms with Crippen LogP contribution in [0.15, 0.2) is 45.0 Å². The lowest BCUT2D eigenvalue weighted by Crippen LogP contribution is -2.01. The lowest BCUT2D eigenvalue weighted by atomic mass is 10.2. The summed E-state index contributed by atoms with van der Waals surface area (Å²) < 4.78 is 0.886. The molecule has 2 rings (SSSR count). The number of carboxylic acid groups (broad SMARTS) is 1. The minimum Gasteiger partial charge on any atom is -0.478 e. The summed E-state index contributed by atoms with van der Waals surface area (Å²) in [4.78, 5) is 19.4. The van der Waals surface area contributed by atoms with Crippen molar-refractivity contribution in [2.45, 2.75) is 17.0 Å². The van der Waals surface area contributed by atoms with Gasteiger partial charge in [-0.1, -0.05) is 0 Å². The fraction of sp³-hybridized carbons (Fsp3) is 0.0833. The van der Waals surface area contributed by atoms with Gasteiger partial charge in [-0.15, -0.1) is 0 Å². The van der Waals surface area contributed by atoms with E-state index in [0.717, 1.165) is 14.5 Å². The van der Waals surface area contributed by atoms with Gasteiger partial charge in [0, 0.05) is 6.20 Å². The Balaban J connectivity index is 2.29. The molecule has 0 aliphatic carbocycles. The van der Waals surface area contributed by atoms with Crippen molar-refractivity contribution in [2.75, 3.05) is 0 Å². The number of aromatic carboxylic acids is 1. The van der Waals surface area contributed by atoms with Crippen LogP contribution in [-0.2, 0) is 0 Å². The van der Waals surface area contributed by atoms with Crippen molar-refractivity contribution in [3.05, 3.63) is 46.2 Å². The number of rotatable bonds is 3. The smallest absolute Gasteiger partial charge is 0.337 e. The number of aryl methyl sites for hydroxylation is 1. The summed E-state index contributed by atoms with van der Waals surface area (Å²) >= 11 is 4.79. The second-order valence-corrected chi connectivity index (χ2v) is 5.34. The molecule has 0 radical (unpaired) electrons. The Hall–Kier alpha value is -1.40. The molecule has 0 aliphatic heterocycles. The van der Waals surface area contributed by atoms with Crippen molar-refractivity contribution in [3.8, 4) is 0 Å². The SMILES string of the molecule is Cc1nc(Sc2ncccc2Br)ccc1C(=O)O. The van der Waals surface area contributed by atoms with Gasteiger partial charge in [-0.3, -0.25) is 0 Å². The fourth-order valence-electron chi connectivity index (χ4n) is 1.37. The minimum atomic E-state index is -0.962. The van der Waals surface area contributed by atoms with Crippen molar-refractivity contribution in [2.24, 2.45) is 0 Å². The molecule has 92 valence electrons. The van der Waals surface area contributed by atoms with Crippen LogP contribution in [0.4, 0.5) is 0 Å². The van der Waals surface area contributed by atoms with E-state index in [2.05, 4.69) is 25.9 Å². The summed E-state index contributed by atoms with van der Waals surface area (Å²) in [5, 5.41) is 10.4. The molecule has 0 aliphatic rings. The van der Waals surface area contributed by atoms with Crippen LogP contribution in [0.5, 0.6) is 0 Å². The average molecular weight is 325 g/mol. The maximum absolute atomic E-state index is 10.9. The predicted molar refractivity (Wildman–Crippen MR) is 72.0 cm³/mol. The third-order valence-corrected chi connectivity index (χ3v) is 4.07. The third-order valence-electron chi connectivity index (χ3n) is 2.22. The first kappa shape index (κ1) is 13.0. The first-order valence-electron chi connectivity index (χ1n) is 5.07. The summed E-state index contributed by atoms with van der Waals surface area (Å²) in [5.74, 6) is -0.962. The molecular formula is C12H9BrN2O2S. The summed E-state index contributed by atoms with van der Waals surface area (Å²) in [5.41, 5.74) is 0.721. The molecule has 0 amide bonds. The minimum absolute atomic E-state index is 0.222. The van der Waals surface area contributed by atoms with Crippen LogP contribution in [0.2, 0.25) is 0 Å². The highest BCUT2D eigenvalue weighted by Gasteiger charge is 2.10. The van der Waals surface area contributed by atoms with E-state index in [1.807, 2.05) is 12.1 Å². The number of halogens is 1. The fourth-order valence-corrected chi connectivity index (χ4v) is 2.66. The molecule has 0 atom stereocenters. The van der Waals surface area contributed by atoms with Crippen LogP contribution >= 0.6 is 27.7 Å². The van der Waals surface area contributed by atoms with Gasteiger partial charge in [0.15, 0.2) is 0 Å². The predicted octanol–water partition coefficient (Wildman–Crippen LogP) is 3.40. The van der Waals surface area contributed by atoms with E-state index in [1.54, 1.807) is 25.3 Å². The van der Waals surface area contributed by atoms with E-state index in [4.69, 9.17) is 5.11 Å². The van der Waals surface area contributed by atoms with Crippen LogP contribution in [0, 0.1) is 6.92 Å². The highest BCUT2D eigenvalue weighted by molar-refractivity contribution is 9.10. The van der Waals surface area contributed by atoms with Gasteiger partial charge < -0.3 is 5.11 Å². The molecule has 0 unspecified atom stereocenters. The Morgan fingerprint density at radius 1 is 1.39 bits per heavy atom. The number of pyridine rings is 2. The number of carbonyl (C=O) groups is 1. The quantitative estimate of drug-likeness (QED) is 0.937. The Kier molecular flexibility index (Phi) is 3.98. The van der Waals surface area contributed by atoms with E-state index in [9.17, 15) is 4.79 Å². The van der Waals surface area contributed by atoms with E-state index >= 15 is 0 Å². The molecule has 18 heavy (non-hydrogen) atoms. The van der Waals surface area contributed by atoms with Crippen molar-refractivity contribution in [3.63, 3.8) is 0 Å². The number of nitrogens with zero attached hydrogens (tertiary/aromatic N) is 2. The van der Waals surface area contributed by atoms with Crippen molar-refractivity contribution >= 4 is 33.7 Å². The van der Waals surface area contributed by atoms with E-state index in [-0.39, 0.29) is 5.56 Å². The third kappa shape index (κ3) is 2.88. The summed E-state index contributed by atoms with van der Waals surface area (Å²) in [6.07, 6.45) is 1.70. The lowest BCUT2D eigenvalue weighted by Gasteiger charge is -2.05. The Morgan fingerprint density at radius 2 is 2.17 bits per heavy atom. The summed E-state index contributed by atoms with van der Waals surface area (Å²) in [6.45, 7) is 1.68. The average Bonchev–Trinajstić information content (AvgIpc) is 2.32. The standard InChI is InChI=1S/C12H9BrN2O2S/c1-7-8(12(16)17)4-5-10(15-7)18-11-9(13)3-2-6-14-11/h2-6H,1H3,(H,16,17). The Bertz CT molecular complexity index is 604. The molecule has 1 N–H and O–H groups in total. The maximum Gasteiger partial charge on any atom is 0.337 e. The van der Waals surface area contributed by atoms with Gasteiger partial charge in [0.05, 0.1) is 15.7 Å². The molecule has 0 fully saturated rings. The molecule has 4 nitrogen and oxygen atoms in total. The number of hydrogen-bond donors (Lipinski definition) is 1. The monoisotopic (exact) mass is 324 g/mol. The van der Waals surface area contributed by atoms with E-state index in [0.29, 0.717) is 5.69 Å². The van der Waals surface area contributed by atoms with Crippen molar-refractivity contribution in [1.29, 1.82) is 0 Å². The molecule has 0 spiro atoms. The zero-order valence-electron chi connectivity index (χ0n) is 9.42. The van der Waals surface area contributed by atoms with Gasteiger partial charge in [-0.25, -0.2) is 14.8 Å². The molecular weight excluding hydrogens is 316 g/mol. The molecule has 2 aromatic heterocycles. The molecule has 2 heterocycles. The first-order valence-corrected chi connectivity index (χ1v) is 6.68. The highest BCUT2D eigenvalue weighted by atomic mass is 79.9. The molecule has 2 aromatic rings. The highest BCUT2D eigenvalue weighted by Crippen LogP contribution is 2.30. The molecule has 6 heteroatoms. The van der Waals surface area contributed by atoms with Gasteiger partial charge in [-0.05, 0) is 58.9 Å². The van der Waals surface area contributed by atoms with Crippen LogP contribution in [0.1, 0.15) is 16.1 Å². The topological polar surface area (TPSA) is 63.1 Å². The van der Waals surface area contributed by atoms with Crippen LogP contribution < -0.4 is 0 Å². The maximum atomic E-state index is 10.9. The van der Waals surface area contributed by atoms with Gasteiger partial charge >= 0.3 is 5.97 Å². The first-order chi connectivity index (χ1) is 8.58. The number of aromatic nitrogens is 2. The Morgan fingerprint density at radius 3 is 2.78 bits per heavy atom. The van der Waals surface area contributed by atoms with Crippen molar-refractivity contribution < 1.29 is 9.90 Å². The van der Waals surface area contributed by atoms with Crippen molar-refractivity contribution in [1.82, 2.24) is 9.97 Å². The molecule has 0 saturated heterocycles. The molecule has 0 saturated carbocycles. The second kappa shape index (κ2) is 5.49. The van der Waals surface area contributed by atoms with E-state index in [1.165, 1.54) is 11.8 Å². The van der Waals surface area contributed by atoms with Crippen LogP contribution in [-0.4, -0.2) is 21.0 Å². The Labute approximate surface area is 117 Å². The van der Waals surface area contributed by atoms with E-state index < -0.39 is 5.97 Å². The largest absolute Gasteiger partial charge is 0.478 e. The zero-order valence-corrected chi connectivity index (χ0v) is 11.8. The number of hydrogen-bond acceptors (Lipinski definition) is 4. The van der Waals surface area contributed by atoms with Gasteiger partial charge in [-0.2, -0.15) is 0 Å². The molecule has 0 aromatic carbocycles. The normalized spacial score (nSPS) is 10.3. The lowest BCUT2D eigenvalue weighted by molar-refractivity contribution is 0.0695. The van der Waals surface area contributed by atoms with Gasteiger partial charge in [0.2, 0.25) is 0 Å². The van der Waals surface area contributed by atoms with Crippen LogP contribution in [0.25, 0.3) is 0 Å².